The summed E-state index contributed by atoms with van der Waals surface area (Å²) in [6.45, 7) is 7.05. The van der Waals surface area contributed by atoms with E-state index in [1.807, 2.05) is 5.38 Å². The summed E-state index contributed by atoms with van der Waals surface area (Å²) >= 11 is 7.08. The summed E-state index contributed by atoms with van der Waals surface area (Å²) in [5, 5.41) is 18.0. The number of primary amides is 1. The first-order valence-electron chi connectivity index (χ1n) is 12.3. The molecule has 2 heterocycles. The van der Waals surface area contributed by atoms with Gasteiger partial charge in [-0.25, -0.2) is 19.5 Å². The van der Waals surface area contributed by atoms with Crippen LogP contribution in [0.3, 0.4) is 0 Å². The van der Waals surface area contributed by atoms with Crippen molar-refractivity contribution in [3.63, 3.8) is 0 Å². The fourth-order valence-electron chi connectivity index (χ4n) is 4.26. The largest absolute Gasteiger partial charge is 0.508 e. The van der Waals surface area contributed by atoms with E-state index in [0.717, 1.165) is 49.0 Å². The minimum absolute atomic E-state index is 0.127. The number of thiocarbonyl (C=S) groups is 1. The lowest BCUT2D eigenvalue weighted by atomic mass is 9.98. The lowest BCUT2D eigenvalue weighted by molar-refractivity contribution is -0.463. The fourth-order valence-corrected chi connectivity index (χ4v) is 5.52. The Bertz CT molecular complexity index is 1200. The van der Waals surface area contributed by atoms with Crippen LogP contribution in [0.4, 0.5) is 10.1 Å². The molecule has 0 unspecified atom stereocenters. The van der Waals surface area contributed by atoms with Gasteiger partial charge < -0.3 is 15.3 Å². The van der Waals surface area contributed by atoms with Crippen molar-refractivity contribution in [2.45, 2.75) is 39.0 Å². The third-order valence-electron chi connectivity index (χ3n) is 6.38. The quantitative estimate of drug-likeness (QED) is 0.303. The number of nitrogens with one attached hydrogen (secondary N) is 1. The second-order valence-corrected chi connectivity index (χ2v) is 10.8. The van der Waals surface area contributed by atoms with E-state index >= 15 is 0 Å². The normalized spacial score (nSPS) is 14.3. The first-order chi connectivity index (χ1) is 17.3. The van der Waals surface area contributed by atoms with Crippen LogP contribution >= 0.6 is 23.6 Å². The van der Waals surface area contributed by atoms with Crippen LogP contribution < -0.4 is 10.6 Å². The first-order valence-corrected chi connectivity index (χ1v) is 13.5. The van der Waals surface area contributed by atoms with E-state index in [-0.39, 0.29) is 17.5 Å². The third kappa shape index (κ3) is 6.66. The smallest absolute Gasteiger partial charge is 0.367 e. The molecule has 1 aromatic heterocycles. The number of aromatic hydroxyl groups is 1. The van der Waals surface area contributed by atoms with Crippen molar-refractivity contribution in [1.29, 1.82) is 0 Å². The third-order valence-corrected chi connectivity index (χ3v) is 7.79. The zero-order chi connectivity index (χ0) is 25.7. The zero-order valence-corrected chi connectivity index (χ0v) is 22.2. The molecule has 4 N–H and O–H groups in total. The molecule has 36 heavy (non-hydrogen) atoms. The fraction of sp³-hybridized carbons (Fsp3) is 0.370. The predicted molar refractivity (Wildman–Crippen MR) is 145 cm³/mol. The lowest BCUT2D eigenvalue weighted by Gasteiger charge is -2.33. The number of piperidine rings is 1. The van der Waals surface area contributed by atoms with Crippen LogP contribution in [0.5, 0.6) is 5.75 Å². The van der Waals surface area contributed by atoms with Crippen molar-refractivity contribution in [2.24, 2.45) is 5.92 Å². The molecule has 0 atom stereocenters. The number of hydrogen-bond donors (Lipinski definition) is 3. The summed E-state index contributed by atoms with van der Waals surface area (Å²) < 4.78 is 14.0. The number of aromatic nitrogens is 1. The Labute approximate surface area is 220 Å². The number of amides is 1. The summed E-state index contributed by atoms with van der Waals surface area (Å²) in [5.41, 5.74) is 2.32. The molecular formula is C27H32FN4O2S2+. The minimum atomic E-state index is -0.389. The summed E-state index contributed by atoms with van der Waals surface area (Å²) in [6.07, 6.45) is 2.98. The number of likely N-dealkylation sites (tertiary alicyclic amines) is 1. The summed E-state index contributed by atoms with van der Waals surface area (Å²) in [6, 6.07) is 10.8. The number of phenolic OH excluding ortho intramolecular Hbond substituents is 1. The summed E-state index contributed by atoms with van der Waals surface area (Å²) in [7, 11) is 0. The number of rotatable bonds is 7. The SMILES string of the molecule is CC(C)CCNC(=S)N1CCC(c2nc(C(=O)[NH2+]c3ccc(F)cc3-c3ccc(O)cc3)cs2)CC1. The Morgan fingerprint density at radius 3 is 2.67 bits per heavy atom. The number of carbonyl (C=O) groups excluding carboxylic acids is 1. The molecule has 0 aliphatic carbocycles. The Hall–Kier alpha value is -2.88. The maximum absolute atomic E-state index is 14.0. The summed E-state index contributed by atoms with van der Waals surface area (Å²) in [4.78, 5) is 19.9. The maximum atomic E-state index is 14.0. The molecule has 6 nitrogen and oxygen atoms in total. The Kier molecular flexibility index (Phi) is 8.66. The average Bonchev–Trinajstić information content (AvgIpc) is 3.36. The van der Waals surface area contributed by atoms with Crippen LogP contribution in [0.15, 0.2) is 47.8 Å². The van der Waals surface area contributed by atoms with Crippen molar-refractivity contribution in [3.05, 3.63) is 64.4 Å². The van der Waals surface area contributed by atoms with Gasteiger partial charge >= 0.3 is 5.91 Å². The molecule has 1 aliphatic heterocycles. The molecule has 1 amide bonds. The van der Waals surface area contributed by atoms with Crippen LogP contribution in [-0.4, -0.2) is 45.6 Å². The second kappa shape index (κ2) is 11.9. The van der Waals surface area contributed by atoms with Crippen molar-refractivity contribution in [3.8, 4) is 16.9 Å². The Balaban J connectivity index is 1.37. The molecule has 0 radical (unpaired) electrons. The molecule has 9 heteroatoms. The van der Waals surface area contributed by atoms with E-state index in [1.54, 1.807) is 18.2 Å². The topological polar surface area (TPSA) is 82.1 Å². The minimum Gasteiger partial charge on any atom is -0.508 e. The molecule has 1 saturated heterocycles. The monoisotopic (exact) mass is 527 g/mol. The number of carbonyl (C=O) groups is 1. The number of halogens is 1. The number of thiazole rings is 1. The molecule has 1 aliphatic rings. The van der Waals surface area contributed by atoms with Crippen LogP contribution in [0.25, 0.3) is 11.1 Å². The van der Waals surface area contributed by atoms with Gasteiger partial charge in [0.15, 0.2) is 10.8 Å². The van der Waals surface area contributed by atoms with Crippen LogP contribution in [-0.2, 0) is 0 Å². The average molecular weight is 528 g/mol. The van der Waals surface area contributed by atoms with E-state index in [1.165, 1.54) is 40.9 Å². The zero-order valence-electron chi connectivity index (χ0n) is 20.5. The van der Waals surface area contributed by atoms with Gasteiger partial charge in [-0.15, -0.1) is 11.3 Å². The molecule has 0 saturated carbocycles. The van der Waals surface area contributed by atoms with E-state index in [9.17, 15) is 14.3 Å². The number of phenols is 1. The number of quaternary nitrogens is 1. The van der Waals surface area contributed by atoms with Gasteiger partial charge in [0.05, 0.1) is 5.01 Å². The summed E-state index contributed by atoms with van der Waals surface area (Å²) in [5.74, 6) is 0.482. The van der Waals surface area contributed by atoms with Crippen molar-refractivity contribution in [2.75, 3.05) is 19.6 Å². The number of nitrogens with two attached hydrogens (primary N) is 1. The van der Waals surface area contributed by atoms with Gasteiger partial charge in [0.2, 0.25) is 0 Å². The van der Waals surface area contributed by atoms with Gasteiger partial charge in [-0.3, -0.25) is 0 Å². The van der Waals surface area contributed by atoms with Gasteiger partial charge in [0, 0.05) is 42.6 Å². The van der Waals surface area contributed by atoms with Gasteiger partial charge in [-0.2, -0.15) is 0 Å². The van der Waals surface area contributed by atoms with E-state index in [2.05, 4.69) is 29.0 Å². The molecule has 2 aromatic carbocycles. The lowest BCUT2D eigenvalue weighted by Crippen LogP contribution is -2.82. The maximum Gasteiger partial charge on any atom is 0.367 e. The van der Waals surface area contributed by atoms with Gasteiger partial charge in [-0.05, 0) is 67.2 Å². The Morgan fingerprint density at radius 1 is 1.25 bits per heavy atom. The molecule has 0 bridgehead atoms. The van der Waals surface area contributed by atoms with Gasteiger partial charge in [0.25, 0.3) is 0 Å². The Morgan fingerprint density at radius 2 is 1.97 bits per heavy atom. The van der Waals surface area contributed by atoms with Gasteiger partial charge in [0.1, 0.15) is 17.3 Å². The molecule has 4 rings (SSSR count). The molecule has 3 aromatic rings. The van der Waals surface area contributed by atoms with Crippen LogP contribution in [0.1, 0.15) is 54.5 Å². The molecular weight excluding hydrogens is 495 g/mol. The van der Waals surface area contributed by atoms with Crippen molar-refractivity contribution < 1.29 is 19.6 Å². The number of benzene rings is 2. The standard InChI is InChI=1S/C27H31FN4O2S2/c1-17(2)9-12-29-27(35)32-13-10-19(11-14-32)26-31-24(16-36-26)25(34)30-23-8-5-20(28)15-22(23)18-3-6-21(33)7-4-18/h3-8,15-17,19,33H,9-14H2,1-2H3,(H,29,35)(H,30,34)/p+1. The second-order valence-electron chi connectivity index (χ2n) is 9.53. The highest BCUT2D eigenvalue weighted by Crippen LogP contribution is 2.31. The van der Waals surface area contributed by atoms with Crippen molar-refractivity contribution >= 4 is 40.3 Å². The molecule has 0 spiro atoms. The molecule has 190 valence electrons. The van der Waals surface area contributed by atoms with Crippen LogP contribution in [0.2, 0.25) is 0 Å². The highest BCUT2D eigenvalue weighted by Gasteiger charge is 2.26. The number of hydrogen-bond acceptors (Lipinski definition) is 5. The highest BCUT2D eigenvalue weighted by molar-refractivity contribution is 7.80. The van der Waals surface area contributed by atoms with Gasteiger partial charge in [-0.1, -0.05) is 26.0 Å². The first kappa shape index (κ1) is 26.2. The van der Waals surface area contributed by atoms with E-state index in [4.69, 9.17) is 12.2 Å². The van der Waals surface area contributed by atoms with E-state index < -0.39 is 0 Å². The van der Waals surface area contributed by atoms with Crippen LogP contribution in [0, 0.1) is 11.7 Å². The predicted octanol–water partition coefficient (Wildman–Crippen LogP) is 4.79. The van der Waals surface area contributed by atoms with Crippen molar-refractivity contribution in [1.82, 2.24) is 15.2 Å². The highest BCUT2D eigenvalue weighted by atomic mass is 32.1. The molecule has 1 fully saturated rings. The number of nitrogens with zero attached hydrogens (tertiary/aromatic N) is 2. The van der Waals surface area contributed by atoms with E-state index in [0.29, 0.717) is 34.3 Å².